The molecule has 2 aliphatic rings. The minimum Gasteiger partial charge on any atom is -0.504 e. The molecule has 0 saturated heterocycles. The summed E-state index contributed by atoms with van der Waals surface area (Å²) >= 11 is 5.13. The molecule has 1 aliphatic heterocycles. The molecule has 1 amide bonds. The standard InChI is InChI=1S/C21H25BrN2O3S/c1-21(2,3)10-5-6-12-15(7-10)28-20-16(12)19(26)23-18(24-20)13-8-11(22)9-14(27-4)17(13)25/h8-10,18,24-25H,5-7H2,1-4H3,(H,23,26)/t10-,18-/m1/s1. The molecule has 28 heavy (non-hydrogen) atoms. The molecule has 0 radical (unpaired) electrons. The van der Waals surface area contributed by atoms with Crippen molar-refractivity contribution in [3.05, 3.63) is 38.2 Å². The van der Waals surface area contributed by atoms with Crippen LogP contribution >= 0.6 is 27.3 Å². The maximum absolute atomic E-state index is 13.0. The summed E-state index contributed by atoms with van der Waals surface area (Å²) < 4.78 is 6.02. The molecule has 0 bridgehead atoms. The first-order chi connectivity index (χ1) is 13.2. The largest absolute Gasteiger partial charge is 0.504 e. The molecule has 2 aromatic rings. The molecule has 0 saturated carbocycles. The van der Waals surface area contributed by atoms with Gasteiger partial charge < -0.3 is 20.5 Å². The lowest BCUT2D eigenvalue weighted by Crippen LogP contribution is -2.38. The molecular weight excluding hydrogens is 440 g/mol. The third kappa shape index (κ3) is 3.28. The van der Waals surface area contributed by atoms with Crippen molar-refractivity contribution in [2.45, 2.75) is 46.2 Å². The van der Waals surface area contributed by atoms with Gasteiger partial charge in [0.05, 0.1) is 12.7 Å². The van der Waals surface area contributed by atoms with Gasteiger partial charge in [0.15, 0.2) is 11.5 Å². The fourth-order valence-corrected chi connectivity index (χ4v) is 5.97. The van der Waals surface area contributed by atoms with Crippen LogP contribution in [-0.2, 0) is 12.8 Å². The molecule has 0 fully saturated rings. The quantitative estimate of drug-likeness (QED) is 0.568. The van der Waals surface area contributed by atoms with E-state index in [4.69, 9.17) is 4.74 Å². The van der Waals surface area contributed by atoms with Gasteiger partial charge in [-0.15, -0.1) is 11.3 Å². The Kier molecular flexibility index (Phi) is 4.86. The summed E-state index contributed by atoms with van der Waals surface area (Å²) in [6.45, 7) is 6.88. The first-order valence-electron chi connectivity index (χ1n) is 9.47. The van der Waals surface area contributed by atoms with Crippen molar-refractivity contribution in [1.82, 2.24) is 5.32 Å². The number of carbonyl (C=O) groups is 1. The lowest BCUT2D eigenvalue weighted by molar-refractivity contribution is 0.0934. The number of rotatable bonds is 2. The molecule has 1 aromatic carbocycles. The van der Waals surface area contributed by atoms with Gasteiger partial charge in [-0.3, -0.25) is 4.79 Å². The fourth-order valence-electron chi connectivity index (χ4n) is 4.16. The molecule has 2 atom stereocenters. The summed E-state index contributed by atoms with van der Waals surface area (Å²) in [5.41, 5.74) is 2.81. The van der Waals surface area contributed by atoms with Gasteiger partial charge in [-0.25, -0.2) is 0 Å². The van der Waals surface area contributed by atoms with Crippen molar-refractivity contribution in [3.63, 3.8) is 0 Å². The highest BCUT2D eigenvalue weighted by molar-refractivity contribution is 9.10. The average molecular weight is 465 g/mol. The summed E-state index contributed by atoms with van der Waals surface area (Å²) in [5.74, 6) is 0.937. The number of hydrogen-bond donors (Lipinski definition) is 3. The molecule has 5 nitrogen and oxygen atoms in total. The van der Waals surface area contributed by atoms with Gasteiger partial charge in [0.1, 0.15) is 11.2 Å². The van der Waals surface area contributed by atoms with E-state index in [1.807, 2.05) is 0 Å². The molecule has 3 N–H and O–H groups in total. The topological polar surface area (TPSA) is 70.6 Å². The highest BCUT2D eigenvalue weighted by Crippen LogP contribution is 2.47. The number of hydrogen-bond acceptors (Lipinski definition) is 5. The van der Waals surface area contributed by atoms with Crippen molar-refractivity contribution < 1.29 is 14.6 Å². The Morgan fingerprint density at radius 2 is 2.04 bits per heavy atom. The minimum atomic E-state index is -0.509. The highest BCUT2D eigenvalue weighted by Gasteiger charge is 2.37. The third-order valence-corrected chi connectivity index (χ3v) is 7.51. The Balaban J connectivity index is 1.69. The first-order valence-corrected chi connectivity index (χ1v) is 11.1. The number of ether oxygens (including phenoxy) is 1. The number of carbonyl (C=O) groups excluding carboxylic acids is 1. The molecule has 0 spiro atoms. The Morgan fingerprint density at radius 1 is 1.29 bits per heavy atom. The summed E-state index contributed by atoms with van der Waals surface area (Å²) in [4.78, 5) is 14.3. The maximum Gasteiger partial charge on any atom is 0.256 e. The molecular formula is C21H25BrN2O3S. The van der Waals surface area contributed by atoms with Crippen LogP contribution in [0.2, 0.25) is 0 Å². The van der Waals surface area contributed by atoms with Crippen molar-refractivity contribution in [2.75, 3.05) is 12.4 Å². The normalized spacial score (nSPS) is 21.4. The van der Waals surface area contributed by atoms with E-state index in [0.717, 1.165) is 34.3 Å². The summed E-state index contributed by atoms with van der Waals surface area (Å²) in [6.07, 6.45) is 2.56. The second kappa shape index (κ2) is 6.95. The van der Waals surface area contributed by atoms with Crippen LogP contribution < -0.4 is 15.4 Å². The zero-order valence-corrected chi connectivity index (χ0v) is 18.9. The van der Waals surface area contributed by atoms with Crippen molar-refractivity contribution >= 4 is 38.2 Å². The zero-order chi connectivity index (χ0) is 20.2. The first kappa shape index (κ1) is 19.6. The van der Waals surface area contributed by atoms with Crippen LogP contribution in [0.15, 0.2) is 16.6 Å². The number of phenols is 1. The molecule has 4 rings (SSSR count). The van der Waals surface area contributed by atoms with Crippen molar-refractivity contribution in [2.24, 2.45) is 11.3 Å². The van der Waals surface area contributed by atoms with Crippen molar-refractivity contribution in [3.8, 4) is 11.5 Å². The number of fused-ring (bicyclic) bond motifs is 3. The second-order valence-corrected chi connectivity index (χ2v) is 10.6. The van der Waals surface area contributed by atoms with E-state index in [2.05, 4.69) is 47.3 Å². The summed E-state index contributed by atoms with van der Waals surface area (Å²) in [5, 5.41) is 17.9. The van der Waals surface area contributed by atoms with Gasteiger partial charge in [0, 0.05) is 14.9 Å². The van der Waals surface area contributed by atoms with E-state index in [0.29, 0.717) is 17.2 Å². The van der Waals surface area contributed by atoms with Gasteiger partial charge >= 0.3 is 0 Å². The number of nitrogens with one attached hydrogen (secondary N) is 2. The number of methoxy groups -OCH3 is 1. The molecule has 2 heterocycles. The van der Waals surface area contributed by atoms with Gasteiger partial charge in [-0.1, -0.05) is 36.7 Å². The van der Waals surface area contributed by atoms with Gasteiger partial charge in [0.2, 0.25) is 0 Å². The molecule has 1 aromatic heterocycles. The lowest BCUT2D eigenvalue weighted by atomic mass is 9.72. The Morgan fingerprint density at radius 3 is 2.71 bits per heavy atom. The smallest absolute Gasteiger partial charge is 0.256 e. The third-order valence-electron chi connectivity index (χ3n) is 5.87. The number of aromatic hydroxyl groups is 1. The van der Waals surface area contributed by atoms with Crippen molar-refractivity contribution in [1.29, 1.82) is 0 Å². The predicted octanol–water partition coefficient (Wildman–Crippen LogP) is 5.23. The number of amides is 1. The molecule has 0 unspecified atom stereocenters. The maximum atomic E-state index is 13.0. The van der Waals surface area contributed by atoms with E-state index >= 15 is 0 Å². The van der Waals surface area contributed by atoms with Gasteiger partial charge in [-0.05, 0) is 48.3 Å². The minimum absolute atomic E-state index is 0.0288. The number of anilines is 1. The van der Waals surface area contributed by atoms with Gasteiger partial charge in [-0.2, -0.15) is 0 Å². The monoisotopic (exact) mass is 464 g/mol. The Bertz CT molecular complexity index is 948. The number of phenolic OH excluding ortho intramolecular Hbond substituents is 1. The summed E-state index contributed by atoms with van der Waals surface area (Å²) in [6, 6.07) is 3.50. The lowest BCUT2D eigenvalue weighted by Gasteiger charge is -2.34. The van der Waals surface area contributed by atoms with Crippen LogP contribution in [0.3, 0.4) is 0 Å². The molecule has 150 valence electrons. The van der Waals surface area contributed by atoms with E-state index in [-0.39, 0.29) is 17.1 Å². The van der Waals surface area contributed by atoms with Crippen LogP contribution in [0.25, 0.3) is 0 Å². The summed E-state index contributed by atoms with van der Waals surface area (Å²) in [7, 11) is 1.51. The van der Waals surface area contributed by atoms with Crippen LogP contribution in [0, 0.1) is 11.3 Å². The van der Waals surface area contributed by atoms with E-state index in [1.54, 1.807) is 23.5 Å². The highest BCUT2D eigenvalue weighted by atomic mass is 79.9. The second-order valence-electron chi connectivity index (χ2n) is 8.61. The zero-order valence-electron chi connectivity index (χ0n) is 16.5. The van der Waals surface area contributed by atoms with Crippen LogP contribution in [0.4, 0.5) is 5.00 Å². The number of thiophene rings is 1. The average Bonchev–Trinajstić information content (AvgIpc) is 3.00. The number of benzene rings is 1. The van der Waals surface area contributed by atoms with E-state index < -0.39 is 6.17 Å². The Hall–Kier alpha value is -1.73. The molecule has 7 heteroatoms. The molecule has 1 aliphatic carbocycles. The fraction of sp³-hybridized carbons (Fsp3) is 0.476. The SMILES string of the molecule is COc1cc(Br)cc([C@@H]2NC(=O)c3c(sc4c3CC[C@@H](C(C)(C)C)C4)N2)c1O. The number of halogens is 1. The predicted molar refractivity (Wildman–Crippen MR) is 115 cm³/mol. The van der Waals surface area contributed by atoms with Crippen LogP contribution in [0.5, 0.6) is 11.5 Å². The van der Waals surface area contributed by atoms with Crippen LogP contribution in [-0.4, -0.2) is 18.1 Å². The van der Waals surface area contributed by atoms with Gasteiger partial charge in [0.25, 0.3) is 5.91 Å². The van der Waals surface area contributed by atoms with E-state index in [1.165, 1.54) is 17.6 Å². The van der Waals surface area contributed by atoms with Crippen LogP contribution in [0.1, 0.15) is 59.7 Å². The Labute approximate surface area is 177 Å². The van der Waals surface area contributed by atoms with E-state index in [9.17, 15) is 9.90 Å².